The largest absolute Gasteiger partial charge is 0.515 e. The molecule has 1 saturated heterocycles. The third kappa shape index (κ3) is 2.52. The number of ether oxygens (including phenoxy) is 1. The van der Waals surface area contributed by atoms with Crippen LogP contribution < -0.4 is 0 Å². The smallest absolute Gasteiger partial charge is 0.167 e. The second-order valence-electron chi connectivity index (χ2n) is 15.7. The molecule has 3 heteroatoms. The van der Waals surface area contributed by atoms with Crippen molar-refractivity contribution < 1.29 is 14.6 Å². The fourth-order valence-electron chi connectivity index (χ4n) is 11.9. The average Bonchev–Trinajstić information content (AvgIpc) is 3.10. The highest BCUT2D eigenvalue weighted by Crippen LogP contribution is 2.78. The first-order valence-corrected chi connectivity index (χ1v) is 14.3. The number of hydrogen-bond donors (Lipinski definition) is 1. The van der Waals surface area contributed by atoms with Gasteiger partial charge in [-0.25, -0.2) is 0 Å². The van der Waals surface area contributed by atoms with Crippen molar-refractivity contribution >= 4 is 5.78 Å². The van der Waals surface area contributed by atoms with Crippen LogP contribution in [0, 0.1) is 56.2 Å². The SMILES string of the molecule is CC1(C)CC[C@]23CC[C@]4(C)[C@H](CC[C@@H]5[C@@]6(C)C/C(=C/O)C(=O)C(C)(C)[C@@H]6CC[C@]54C)[C@H]2[C@H]1OC3. The number of rotatable bonds is 0. The van der Waals surface area contributed by atoms with Gasteiger partial charge in [0, 0.05) is 11.0 Å². The summed E-state index contributed by atoms with van der Waals surface area (Å²) >= 11 is 0. The third-order valence-corrected chi connectivity index (χ3v) is 13.9. The van der Waals surface area contributed by atoms with Gasteiger partial charge >= 0.3 is 0 Å². The number of allylic oxidation sites excluding steroid dienone is 1. The molecule has 0 amide bonds. The molecule has 190 valence electrons. The molecule has 2 bridgehead atoms. The first-order valence-electron chi connectivity index (χ1n) is 14.3. The van der Waals surface area contributed by atoms with Gasteiger partial charge in [0.05, 0.1) is 19.0 Å². The van der Waals surface area contributed by atoms with Crippen LogP contribution in [0.1, 0.15) is 106 Å². The predicted octanol–water partition coefficient (Wildman–Crippen LogP) is 7.50. The summed E-state index contributed by atoms with van der Waals surface area (Å²) in [7, 11) is 0. The summed E-state index contributed by atoms with van der Waals surface area (Å²) in [5.41, 5.74) is 1.68. The Morgan fingerprint density at radius 2 is 1.56 bits per heavy atom. The van der Waals surface area contributed by atoms with Crippen LogP contribution in [0.2, 0.25) is 0 Å². The van der Waals surface area contributed by atoms with Crippen LogP contribution in [0.25, 0.3) is 0 Å². The van der Waals surface area contributed by atoms with Gasteiger partial charge in [0.15, 0.2) is 5.78 Å². The van der Waals surface area contributed by atoms with Crippen LogP contribution in [0.15, 0.2) is 11.8 Å². The van der Waals surface area contributed by atoms with Crippen molar-refractivity contribution in [1.82, 2.24) is 0 Å². The molecule has 0 aromatic carbocycles. The highest BCUT2D eigenvalue weighted by Gasteiger charge is 2.73. The summed E-state index contributed by atoms with van der Waals surface area (Å²) in [6, 6.07) is 0. The zero-order valence-electron chi connectivity index (χ0n) is 22.8. The molecule has 0 unspecified atom stereocenters. The highest BCUT2D eigenvalue weighted by atomic mass is 16.5. The molecule has 6 fully saturated rings. The topological polar surface area (TPSA) is 46.5 Å². The van der Waals surface area contributed by atoms with Gasteiger partial charge in [-0.2, -0.15) is 0 Å². The van der Waals surface area contributed by atoms with E-state index in [0.717, 1.165) is 37.5 Å². The zero-order valence-corrected chi connectivity index (χ0v) is 22.8. The van der Waals surface area contributed by atoms with E-state index >= 15 is 0 Å². The Kier molecular flexibility index (Phi) is 4.66. The van der Waals surface area contributed by atoms with Crippen molar-refractivity contribution in [2.45, 2.75) is 112 Å². The lowest BCUT2D eigenvalue weighted by atomic mass is 9.31. The summed E-state index contributed by atoms with van der Waals surface area (Å²) in [5.74, 6) is 2.65. The lowest BCUT2D eigenvalue weighted by Gasteiger charge is -2.73. The summed E-state index contributed by atoms with van der Waals surface area (Å²) in [5, 5.41) is 10.0. The quantitative estimate of drug-likeness (QED) is 0.296. The van der Waals surface area contributed by atoms with Gasteiger partial charge < -0.3 is 9.84 Å². The van der Waals surface area contributed by atoms with Crippen LogP contribution in [0.4, 0.5) is 0 Å². The molecule has 6 aliphatic rings. The fraction of sp³-hybridized carbons (Fsp3) is 0.903. The Hall–Kier alpha value is -0.830. The van der Waals surface area contributed by atoms with Gasteiger partial charge in [0.2, 0.25) is 0 Å². The maximum absolute atomic E-state index is 13.3. The molecule has 3 nitrogen and oxygen atoms in total. The first kappa shape index (κ1) is 23.6. The maximum Gasteiger partial charge on any atom is 0.167 e. The molecule has 1 heterocycles. The molecular weight excluding hydrogens is 420 g/mol. The van der Waals surface area contributed by atoms with Crippen molar-refractivity contribution in [3.05, 3.63) is 11.8 Å². The second-order valence-corrected chi connectivity index (χ2v) is 15.7. The minimum Gasteiger partial charge on any atom is -0.515 e. The molecule has 9 atom stereocenters. The Balaban J connectivity index is 1.42. The van der Waals surface area contributed by atoms with Crippen LogP contribution in [-0.4, -0.2) is 23.6 Å². The van der Waals surface area contributed by atoms with E-state index in [1.165, 1.54) is 44.9 Å². The van der Waals surface area contributed by atoms with E-state index in [4.69, 9.17) is 4.74 Å². The summed E-state index contributed by atoms with van der Waals surface area (Å²) in [6.45, 7) is 18.0. The Morgan fingerprint density at radius 3 is 2.26 bits per heavy atom. The van der Waals surface area contributed by atoms with E-state index in [2.05, 4.69) is 48.5 Å². The zero-order chi connectivity index (χ0) is 24.5. The number of ketones is 1. The minimum atomic E-state index is -0.391. The Bertz CT molecular complexity index is 946. The van der Waals surface area contributed by atoms with E-state index in [0.29, 0.717) is 39.8 Å². The van der Waals surface area contributed by atoms with Gasteiger partial charge in [-0.1, -0.05) is 48.5 Å². The molecule has 5 aliphatic carbocycles. The number of aliphatic hydroxyl groups is 1. The second kappa shape index (κ2) is 6.73. The monoisotopic (exact) mass is 468 g/mol. The number of aliphatic hydroxyl groups excluding tert-OH is 1. The predicted molar refractivity (Wildman–Crippen MR) is 135 cm³/mol. The van der Waals surface area contributed by atoms with Crippen LogP contribution in [0.3, 0.4) is 0 Å². The molecular formula is C31H48O3. The van der Waals surface area contributed by atoms with Crippen molar-refractivity contribution in [1.29, 1.82) is 0 Å². The number of carbonyl (C=O) groups excluding carboxylic acids is 1. The summed E-state index contributed by atoms with van der Waals surface area (Å²) < 4.78 is 6.69. The summed E-state index contributed by atoms with van der Waals surface area (Å²) in [4.78, 5) is 13.3. The van der Waals surface area contributed by atoms with Gasteiger partial charge in [0.1, 0.15) is 0 Å². The molecule has 0 aromatic heterocycles. The molecule has 6 rings (SSSR count). The Labute approximate surface area is 207 Å². The Morgan fingerprint density at radius 1 is 0.853 bits per heavy atom. The van der Waals surface area contributed by atoms with Crippen molar-refractivity contribution in [2.24, 2.45) is 56.2 Å². The van der Waals surface area contributed by atoms with E-state index < -0.39 is 5.41 Å². The fourth-order valence-corrected chi connectivity index (χ4v) is 11.9. The normalized spacial score (nSPS) is 56.3. The van der Waals surface area contributed by atoms with Crippen molar-refractivity contribution in [3.8, 4) is 0 Å². The van der Waals surface area contributed by atoms with Gasteiger partial charge in [-0.3, -0.25) is 4.79 Å². The third-order valence-electron chi connectivity index (χ3n) is 13.9. The highest BCUT2D eigenvalue weighted by molar-refractivity contribution is 6.00. The van der Waals surface area contributed by atoms with E-state index in [1.54, 1.807) is 0 Å². The van der Waals surface area contributed by atoms with Gasteiger partial charge in [-0.15, -0.1) is 0 Å². The molecule has 0 spiro atoms. The number of carbonyl (C=O) groups is 1. The van der Waals surface area contributed by atoms with E-state index in [1.807, 2.05) is 0 Å². The summed E-state index contributed by atoms with van der Waals surface area (Å²) in [6.07, 6.45) is 12.6. The molecule has 1 aliphatic heterocycles. The van der Waals surface area contributed by atoms with Gasteiger partial charge in [-0.05, 0) is 109 Å². The van der Waals surface area contributed by atoms with E-state index in [-0.39, 0.29) is 16.6 Å². The van der Waals surface area contributed by atoms with Crippen LogP contribution in [0.5, 0.6) is 0 Å². The van der Waals surface area contributed by atoms with Crippen LogP contribution in [-0.2, 0) is 9.53 Å². The molecule has 0 aromatic rings. The first-order chi connectivity index (χ1) is 15.8. The van der Waals surface area contributed by atoms with Crippen LogP contribution >= 0.6 is 0 Å². The van der Waals surface area contributed by atoms with Crippen molar-refractivity contribution in [3.63, 3.8) is 0 Å². The number of Topliss-reactive ketones (excluding diaryl/α,β-unsaturated/α-hetero) is 1. The van der Waals surface area contributed by atoms with Crippen molar-refractivity contribution in [2.75, 3.05) is 6.61 Å². The molecule has 1 N–H and O–H groups in total. The van der Waals surface area contributed by atoms with E-state index in [9.17, 15) is 9.90 Å². The van der Waals surface area contributed by atoms with Gasteiger partial charge in [0.25, 0.3) is 0 Å². The maximum atomic E-state index is 13.3. The number of fused-ring (bicyclic) bond motifs is 5. The average molecular weight is 469 g/mol. The molecule has 0 radical (unpaired) electrons. The lowest BCUT2D eigenvalue weighted by Crippen LogP contribution is -2.67. The number of hydrogen-bond acceptors (Lipinski definition) is 3. The molecule has 5 saturated carbocycles. The molecule has 34 heavy (non-hydrogen) atoms. The minimum absolute atomic E-state index is 0.0728. The standard InChI is InChI=1S/C31H48O3/c1-26(2)12-14-31-15-13-29(6)20(23(31)25(26)34-18-31)8-9-22-28(5)16-19(17-32)24(33)27(3,4)21(28)10-11-30(22,29)7/h17,20-23,25,32H,8-16,18H2,1-7H3/b19-17-/t20-,21+,22-,23+,25-,28+,29-,30-,31-/m1/s1. The lowest BCUT2D eigenvalue weighted by molar-refractivity contribution is -0.236.